The van der Waals surface area contributed by atoms with E-state index in [4.69, 9.17) is 28.3 Å². The van der Waals surface area contributed by atoms with E-state index in [-0.39, 0.29) is 29.8 Å². The molecule has 8 heteroatoms. The van der Waals surface area contributed by atoms with Gasteiger partial charge in [-0.05, 0) is 73.6 Å². The molecule has 3 aromatic rings. The number of carbonyl (C=O) groups is 2. The van der Waals surface area contributed by atoms with Crippen molar-refractivity contribution in [3.05, 3.63) is 80.1 Å². The van der Waals surface area contributed by atoms with Crippen molar-refractivity contribution in [3.8, 4) is 0 Å². The molecule has 37 heavy (non-hydrogen) atoms. The third-order valence-corrected chi connectivity index (χ3v) is 8.12. The van der Waals surface area contributed by atoms with Crippen LogP contribution in [0.3, 0.4) is 0 Å². The van der Waals surface area contributed by atoms with Crippen LogP contribution in [-0.2, 0) is 11.3 Å². The molecule has 1 aromatic heterocycles. The molecule has 0 aliphatic carbocycles. The number of amides is 2. The van der Waals surface area contributed by atoms with Crippen LogP contribution in [0.4, 0.5) is 5.69 Å². The van der Waals surface area contributed by atoms with Crippen LogP contribution in [0.2, 0.25) is 10.0 Å². The highest BCUT2D eigenvalue weighted by Gasteiger charge is 2.46. The number of benzene rings is 2. The molecule has 0 saturated carbocycles. The van der Waals surface area contributed by atoms with E-state index >= 15 is 0 Å². The number of hydrogen-bond acceptors (Lipinski definition) is 3. The van der Waals surface area contributed by atoms with Gasteiger partial charge in [-0.2, -0.15) is 5.10 Å². The van der Waals surface area contributed by atoms with Crippen LogP contribution in [0, 0.1) is 13.8 Å². The number of anilines is 1. The second-order valence-electron chi connectivity index (χ2n) is 10.5. The molecule has 2 aromatic carbocycles. The van der Waals surface area contributed by atoms with Gasteiger partial charge in [-0.1, -0.05) is 49.2 Å². The smallest absolute Gasteiger partial charge is 0.280 e. The Labute approximate surface area is 228 Å². The molecule has 2 amide bonds. The largest absolute Gasteiger partial charge is 0.338 e. The summed E-state index contributed by atoms with van der Waals surface area (Å²) in [5.41, 5.74) is 6.16. The van der Waals surface area contributed by atoms with Gasteiger partial charge >= 0.3 is 0 Å². The van der Waals surface area contributed by atoms with Gasteiger partial charge in [0.15, 0.2) is 5.69 Å². The first kappa shape index (κ1) is 25.8. The highest BCUT2D eigenvalue weighted by atomic mass is 35.5. The van der Waals surface area contributed by atoms with Crippen LogP contribution in [0.1, 0.15) is 84.0 Å². The van der Waals surface area contributed by atoms with Crippen molar-refractivity contribution in [2.45, 2.75) is 72.0 Å². The number of aromatic nitrogens is 2. The first-order chi connectivity index (χ1) is 17.6. The molecule has 3 heterocycles. The Bertz CT molecular complexity index is 1400. The minimum absolute atomic E-state index is 0.0760. The molecule has 1 saturated heterocycles. The van der Waals surface area contributed by atoms with Crippen LogP contribution in [0.25, 0.3) is 0 Å². The standard InChI is InChI=1S/C29H32Cl2N4O2/c1-16(2)27-25-26(32-34(27)15-22-7-6-12-33(22)19(5)36)29(37)35(24-14-21(31)9-8-17(24)3)28(25)23-11-10-20(30)13-18(23)4/h8-11,13-14,16,22,28H,6-7,12,15H2,1-5H3. The fourth-order valence-corrected chi connectivity index (χ4v) is 6.39. The third kappa shape index (κ3) is 4.44. The van der Waals surface area contributed by atoms with E-state index in [9.17, 15) is 9.59 Å². The molecule has 2 unspecified atom stereocenters. The van der Waals surface area contributed by atoms with Gasteiger partial charge in [-0.3, -0.25) is 19.2 Å². The molecule has 0 bridgehead atoms. The second kappa shape index (κ2) is 9.80. The number of hydrogen-bond donors (Lipinski definition) is 0. The first-order valence-electron chi connectivity index (χ1n) is 12.8. The Morgan fingerprint density at radius 3 is 2.46 bits per heavy atom. The summed E-state index contributed by atoms with van der Waals surface area (Å²) < 4.78 is 1.99. The lowest BCUT2D eigenvalue weighted by atomic mass is 9.91. The summed E-state index contributed by atoms with van der Waals surface area (Å²) in [5.74, 6) is 0.0589. The number of nitrogens with zero attached hydrogens (tertiary/aromatic N) is 4. The lowest BCUT2D eigenvalue weighted by Crippen LogP contribution is -2.37. The van der Waals surface area contributed by atoms with Crippen molar-refractivity contribution in [1.29, 1.82) is 0 Å². The number of fused-ring (bicyclic) bond motifs is 1. The van der Waals surface area contributed by atoms with Crippen molar-refractivity contribution < 1.29 is 9.59 Å². The summed E-state index contributed by atoms with van der Waals surface area (Å²) in [6, 6.07) is 11.2. The maximum atomic E-state index is 14.1. The van der Waals surface area contributed by atoms with Crippen molar-refractivity contribution in [2.24, 2.45) is 0 Å². The van der Waals surface area contributed by atoms with Gasteiger partial charge < -0.3 is 4.90 Å². The zero-order valence-corrected chi connectivity index (χ0v) is 23.4. The predicted octanol–water partition coefficient (Wildman–Crippen LogP) is 6.69. The van der Waals surface area contributed by atoms with Gasteiger partial charge in [-0.15, -0.1) is 0 Å². The van der Waals surface area contributed by atoms with Crippen LogP contribution in [-0.4, -0.2) is 39.1 Å². The average molecular weight is 540 g/mol. The van der Waals surface area contributed by atoms with Gasteiger partial charge in [0.05, 0.1) is 18.6 Å². The predicted molar refractivity (Wildman–Crippen MR) is 148 cm³/mol. The molecule has 5 rings (SSSR count). The summed E-state index contributed by atoms with van der Waals surface area (Å²) >= 11 is 12.7. The molecule has 194 valence electrons. The highest BCUT2D eigenvalue weighted by molar-refractivity contribution is 6.31. The zero-order chi connectivity index (χ0) is 26.6. The Morgan fingerprint density at radius 1 is 1.08 bits per heavy atom. The molecule has 0 spiro atoms. The molecule has 2 aliphatic rings. The molecule has 6 nitrogen and oxygen atoms in total. The molecule has 2 aliphatic heterocycles. The maximum absolute atomic E-state index is 14.1. The van der Waals surface area contributed by atoms with Gasteiger partial charge in [0.25, 0.3) is 5.91 Å². The van der Waals surface area contributed by atoms with E-state index in [1.165, 1.54) is 0 Å². The molecule has 1 fully saturated rings. The fraction of sp³-hybridized carbons (Fsp3) is 0.414. The first-order valence-corrected chi connectivity index (χ1v) is 13.6. The quantitative estimate of drug-likeness (QED) is 0.363. The zero-order valence-electron chi connectivity index (χ0n) is 21.9. The lowest BCUT2D eigenvalue weighted by molar-refractivity contribution is -0.129. The Morgan fingerprint density at radius 2 is 1.78 bits per heavy atom. The van der Waals surface area contributed by atoms with Crippen molar-refractivity contribution in [1.82, 2.24) is 14.7 Å². The number of aryl methyl sites for hydroxylation is 2. The number of halogens is 2. The highest BCUT2D eigenvalue weighted by Crippen LogP contribution is 2.47. The van der Waals surface area contributed by atoms with E-state index < -0.39 is 0 Å². The minimum Gasteiger partial charge on any atom is -0.338 e. The maximum Gasteiger partial charge on any atom is 0.280 e. The second-order valence-corrected chi connectivity index (χ2v) is 11.4. The van der Waals surface area contributed by atoms with Crippen LogP contribution >= 0.6 is 23.2 Å². The topological polar surface area (TPSA) is 58.4 Å². The van der Waals surface area contributed by atoms with Crippen LogP contribution in [0.5, 0.6) is 0 Å². The Kier molecular flexibility index (Phi) is 6.84. The molecule has 0 radical (unpaired) electrons. The molecular weight excluding hydrogens is 507 g/mol. The molecule has 2 atom stereocenters. The van der Waals surface area contributed by atoms with Gasteiger partial charge in [0.1, 0.15) is 0 Å². The van der Waals surface area contributed by atoms with E-state index in [1.807, 2.05) is 64.7 Å². The van der Waals surface area contributed by atoms with Crippen LogP contribution in [0.15, 0.2) is 36.4 Å². The van der Waals surface area contributed by atoms with E-state index in [2.05, 4.69) is 13.8 Å². The fourth-order valence-electron chi connectivity index (χ4n) is 6.00. The number of likely N-dealkylation sites (tertiary alicyclic amines) is 1. The number of carbonyl (C=O) groups excluding carboxylic acids is 2. The normalized spacial score (nSPS) is 19.3. The van der Waals surface area contributed by atoms with E-state index in [1.54, 1.807) is 6.92 Å². The average Bonchev–Trinajstić information content (AvgIpc) is 3.50. The van der Waals surface area contributed by atoms with Crippen molar-refractivity contribution in [2.75, 3.05) is 11.4 Å². The summed E-state index contributed by atoms with van der Waals surface area (Å²) in [5, 5.41) is 6.16. The summed E-state index contributed by atoms with van der Waals surface area (Å²) in [6.45, 7) is 11.3. The molecule has 0 N–H and O–H groups in total. The van der Waals surface area contributed by atoms with Crippen molar-refractivity contribution in [3.63, 3.8) is 0 Å². The van der Waals surface area contributed by atoms with Gasteiger partial charge in [0, 0.05) is 40.5 Å². The Hall–Kier alpha value is -2.83. The van der Waals surface area contributed by atoms with Crippen LogP contribution < -0.4 is 4.90 Å². The van der Waals surface area contributed by atoms with E-state index in [0.717, 1.165) is 53.0 Å². The lowest BCUT2D eigenvalue weighted by Gasteiger charge is -2.30. The summed E-state index contributed by atoms with van der Waals surface area (Å²) in [6.07, 6.45) is 1.92. The monoisotopic (exact) mass is 538 g/mol. The SMILES string of the molecule is CC(=O)N1CCCC1Cn1nc2c(c1C(C)C)C(c1ccc(Cl)cc1C)N(c1cc(Cl)ccc1C)C2=O. The summed E-state index contributed by atoms with van der Waals surface area (Å²) in [4.78, 5) is 30.1. The summed E-state index contributed by atoms with van der Waals surface area (Å²) in [7, 11) is 0. The third-order valence-electron chi connectivity index (χ3n) is 7.65. The van der Waals surface area contributed by atoms with Gasteiger partial charge in [-0.25, -0.2) is 0 Å². The Balaban J connectivity index is 1.70. The van der Waals surface area contributed by atoms with Crippen molar-refractivity contribution >= 4 is 40.7 Å². The van der Waals surface area contributed by atoms with E-state index in [0.29, 0.717) is 22.3 Å². The number of rotatable bonds is 5. The minimum atomic E-state index is -0.365. The van der Waals surface area contributed by atoms with Gasteiger partial charge in [0.2, 0.25) is 5.91 Å². The molecular formula is C29H32Cl2N4O2.